The first-order chi connectivity index (χ1) is 15.4. The molecule has 1 aliphatic rings. The molecule has 1 aliphatic carbocycles. The third kappa shape index (κ3) is 6.59. The molecule has 3 rings (SSSR count). The van der Waals surface area contributed by atoms with Crippen molar-refractivity contribution in [1.29, 1.82) is 0 Å². The summed E-state index contributed by atoms with van der Waals surface area (Å²) >= 11 is 0. The van der Waals surface area contributed by atoms with Gasteiger partial charge in [-0.1, -0.05) is 60.7 Å². The first kappa shape index (κ1) is 23.8. The van der Waals surface area contributed by atoms with Crippen molar-refractivity contribution in [3.05, 3.63) is 64.7 Å². The van der Waals surface area contributed by atoms with Crippen molar-refractivity contribution in [1.82, 2.24) is 10.2 Å². The molecule has 0 aliphatic heterocycles. The number of rotatable bonds is 8. The molecule has 0 radical (unpaired) electrons. The van der Waals surface area contributed by atoms with E-state index in [4.69, 9.17) is 4.74 Å². The molecule has 172 valence electrons. The van der Waals surface area contributed by atoms with E-state index in [-0.39, 0.29) is 24.3 Å². The maximum Gasteiger partial charge on any atom is 0.242 e. The molecule has 1 fully saturated rings. The molecule has 1 unspecified atom stereocenters. The van der Waals surface area contributed by atoms with E-state index in [1.54, 1.807) is 12.0 Å². The number of ether oxygens (including phenoxy) is 1. The fraction of sp³-hybridized carbons (Fsp3) is 0.481. The highest BCUT2D eigenvalue weighted by Gasteiger charge is 2.28. The molecule has 32 heavy (non-hydrogen) atoms. The molecule has 1 atom stereocenters. The van der Waals surface area contributed by atoms with E-state index >= 15 is 0 Å². The van der Waals surface area contributed by atoms with Crippen LogP contribution < -0.4 is 10.1 Å². The van der Waals surface area contributed by atoms with Crippen molar-refractivity contribution in [3.8, 4) is 5.75 Å². The normalized spacial score (nSPS) is 15.1. The van der Waals surface area contributed by atoms with E-state index in [0.717, 1.165) is 53.7 Å². The predicted octanol–water partition coefficient (Wildman–Crippen LogP) is 4.72. The highest BCUT2D eigenvalue weighted by Crippen LogP contribution is 2.20. The van der Waals surface area contributed by atoms with Crippen LogP contribution in [0.5, 0.6) is 5.75 Å². The average molecular weight is 437 g/mol. The number of methoxy groups -OCH3 is 1. The second kappa shape index (κ2) is 11.2. The van der Waals surface area contributed by atoms with Gasteiger partial charge in [-0.25, -0.2) is 0 Å². The number of aryl methyl sites for hydroxylation is 2. The summed E-state index contributed by atoms with van der Waals surface area (Å²) in [5.41, 5.74) is 4.18. The molecule has 2 amide bonds. The molecule has 0 saturated heterocycles. The van der Waals surface area contributed by atoms with Crippen LogP contribution in [0.4, 0.5) is 0 Å². The Balaban J connectivity index is 1.80. The highest BCUT2D eigenvalue weighted by atomic mass is 16.5. The number of hydrogen-bond acceptors (Lipinski definition) is 3. The number of nitrogens with zero attached hydrogens (tertiary/aromatic N) is 1. The zero-order valence-corrected chi connectivity index (χ0v) is 19.8. The van der Waals surface area contributed by atoms with Gasteiger partial charge in [-0.15, -0.1) is 0 Å². The number of carbonyl (C=O) groups is 2. The maximum absolute atomic E-state index is 13.4. The smallest absolute Gasteiger partial charge is 0.242 e. The van der Waals surface area contributed by atoms with Crippen LogP contribution in [-0.4, -0.2) is 35.9 Å². The summed E-state index contributed by atoms with van der Waals surface area (Å²) in [4.78, 5) is 28.2. The molecule has 2 aromatic rings. The molecule has 5 heteroatoms. The first-order valence-electron chi connectivity index (χ1n) is 11.7. The lowest BCUT2D eigenvalue weighted by molar-refractivity contribution is -0.140. The Bertz CT molecular complexity index is 914. The molecule has 0 aromatic heterocycles. The van der Waals surface area contributed by atoms with Crippen molar-refractivity contribution < 1.29 is 14.3 Å². The second-order valence-electron chi connectivity index (χ2n) is 9.07. The predicted molar refractivity (Wildman–Crippen MR) is 128 cm³/mol. The third-order valence-corrected chi connectivity index (χ3v) is 6.24. The molecule has 5 nitrogen and oxygen atoms in total. The summed E-state index contributed by atoms with van der Waals surface area (Å²) in [6.45, 7) is 6.27. The van der Waals surface area contributed by atoms with Crippen molar-refractivity contribution in [2.45, 2.75) is 77.9 Å². The summed E-state index contributed by atoms with van der Waals surface area (Å²) in [6, 6.07) is 13.5. The fourth-order valence-electron chi connectivity index (χ4n) is 4.57. The van der Waals surface area contributed by atoms with E-state index in [9.17, 15) is 9.59 Å². The lowest BCUT2D eigenvalue weighted by atomic mass is 9.95. The molecular weight excluding hydrogens is 400 g/mol. The summed E-state index contributed by atoms with van der Waals surface area (Å²) in [5.74, 6) is 0.612. The van der Waals surface area contributed by atoms with E-state index in [2.05, 4.69) is 11.4 Å². The van der Waals surface area contributed by atoms with Gasteiger partial charge in [0.2, 0.25) is 11.8 Å². The first-order valence-corrected chi connectivity index (χ1v) is 11.7. The van der Waals surface area contributed by atoms with Crippen molar-refractivity contribution in [3.63, 3.8) is 0 Å². The summed E-state index contributed by atoms with van der Waals surface area (Å²) in [6.07, 6.45) is 5.85. The van der Waals surface area contributed by atoms with Crippen LogP contribution in [0.3, 0.4) is 0 Å². The van der Waals surface area contributed by atoms with E-state index in [1.165, 1.54) is 6.42 Å². The SMILES string of the molecule is COc1cccc(CN(C(=O)Cc2cc(C)cc(C)c2)C(C)C(=O)NC2CCCCC2)c1. The zero-order valence-electron chi connectivity index (χ0n) is 19.8. The third-order valence-electron chi connectivity index (χ3n) is 6.24. The number of amides is 2. The van der Waals surface area contributed by atoms with Crippen molar-refractivity contribution >= 4 is 11.8 Å². The van der Waals surface area contributed by atoms with Crippen LogP contribution in [0.15, 0.2) is 42.5 Å². The monoisotopic (exact) mass is 436 g/mol. The van der Waals surface area contributed by atoms with Crippen molar-refractivity contribution in [2.75, 3.05) is 7.11 Å². The topological polar surface area (TPSA) is 58.6 Å². The summed E-state index contributed by atoms with van der Waals surface area (Å²) < 4.78 is 5.34. The van der Waals surface area contributed by atoms with Crippen LogP contribution in [0.2, 0.25) is 0 Å². The zero-order chi connectivity index (χ0) is 23.1. The largest absolute Gasteiger partial charge is 0.497 e. The van der Waals surface area contributed by atoms with Gasteiger partial charge in [-0.3, -0.25) is 9.59 Å². The second-order valence-corrected chi connectivity index (χ2v) is 9.07. The van der Waals surface area contributed by atoms with E-state index < -0.39 is 6.04 Å². The Labute approximate surface area is 192 Å². The van der Waals surface area contributed by atoms with Gasteiger partial charge in [0.25, 0.3) is 0 Å². The number of benzene rings is 2. The molecule has 1 saturated carbocycles. The molecule has 0 spiro atoms. The molecule has 2 aromatic carbocycles. The lowest BCUT2D eigenvalue weighted by Gasteiger charge is -2.31. The van der Waals surface area contributed by atoms with Gasteiger partial charge in [0.15, 0.2) is 0 Å². The quantitative estimate of drug-likeness (QED) is 0.651. The van der Waals surface area contributed by atoms with Gasteiger partial charge in [-0.05, 0) is 56.9 Å². The van der Waals surface area contributed by atoms with Crippen LogP contribution >= 0.6 is 0 Å². The standard InChI is InChI=1S/C27H36N2O3/c1-19-13-20(2)15-23(14-19)17-26(30)29(18-22-9-8-12-25(16-22)32-4)21(3)27(31)28-24-10-6-5-7-11-24/h8-9,12-16,21,24H,5-7,10-11,17-18H2,1-4H3,(H,28,31). The fourth-order valence-corrected chi connectivity index (χ4v) is 4.57. The van der Waals surface area contributed by atoms with Gasteiger partial charge >= 0.3 is 0 Å². The summed E-state index contributed by atoms with van der Waals surface area (Å²) in [7, 11) is 1.63. The van der Waals surface area contributed by atoms with Crippen LogP contribution in [0.25, 0.3) is 0 Å². The Kier molecular flexibility index (Phi) is 8.32. The van der Waals surface area contributed by atoms with E-state index in [0.29, 0.717) is 6.54 Å². The van der Waals surface area contributed by atoms with Gasteiger partial charge in [0.05, 0.1) is 13.5 Å². The lowest BCUT2D eigenvalue weighted by Crippen LogP contribution is -2.50. The molecule has 1 N–H and O–H groups in total. The Morgan fingerprint density at radius 3 is 2.38 bits per heavy atom. The Morgan fingerprint density at radius 1 is 1.03 bits per heavy atom. The van der Waals surface area contributed by atoms with Crippen molar-refractivity contribution in [2.24, 2.45) is 0 Å². The van der Waals surface area contributed by atoms with Gasteiger partial charge in [0.1, 0.15) is 11.8 Å². The highest BCUT2D eigenvalue weighted by molar-refractivity contribution is 5.88. The maximum atomic E-state index is 13.4. The van der Waals surface area contributed by atoms with E-state index in [1.807, 2.05) is 57.2 Å². The molecule has 0 heterocycles. The molecular formula is C27H36N2O3. The molecule has 0 bridgehead atoms. The Hall–Kier alpha value is -2.82. The van der Waals surface area contributed by atoms with Crippen LogP contribution in [0.1, 0.15) is 61.3 Å². The minimum Gasteiger partial charge on any atom is -0.497 e. The Morgan fingerprint density at radius 2 is 1.72 bits per heavy atom. The van der Waals surface area contributed by atoms with Gasteiger partial charge < -0.3 is 15.0 Å². The number of hydrogen-bond donors (Lipinski definition) is 1. The number of nitrogens with one attached hydrogen (secondary N) is 1. The van der Waals surface area contributed by atoms with Gasteiger partial charge in [0, 0.05) is 12.6 Å². The minimum absolute atomic E-state index is 0.0517. The number of carbonyl (C=O) groups excluding carboxylic acids is 2. The summed E-state index contributed by atoms with van der Waals surface area (Å²) in [5, 5.41) is 3.19. The average Bonchev–Trinajstić information content (AvgIpc) is 2.77. The van der Waals surface area contributed by atoms with Crippen LogP contribution in [-0.2, 0) is 22.6 Å². The van der Waals surface area contributed by atoms with Crippen LogP contribution in [0, 0.1) is 13.8 Å². The minimum atomic E-state index is -0.554. The van der Waals surface area contributed by atoms with Gasteiger partial charge in [-0.2, -0.15) is 0 Å².